The number of amides is 1. The van der Waals surface area contributed by atoms with Crippen LogP contribution in [0, 0.1) is 5.82 Å². The maximum Gasteiger partial charge on any atom is 0.276 e. The molecule has 1 amide bonds. The summed E-state index contributed by atoms with van der Waals surface area (Å²) < 4.78 is 14.8. The molecule has 3 aromatic carbocycles. The molecule has 0 aliphatic carbocycles. The van der Waals surface area contributed by atoms with Gasteiger partial charge in [0.05, 0.1) is 15.9 Å². The van der Waals surface area contributed by atoms with E-state index < -0.39 is 12.0 Å². The highest BCUT2D eigenvalue weighted by Crippen LogP contribution is 2.36. The number of para-hydroxylation sites is 1. The fourth-order valence-electron chi connectivity index (χ4n) is 3.56. The van der Waals surface area contributed by atoms with Crippen molar-refractivity contribution >= 4 is 40.1 Å². The Morgan fingerprint density at radius 3 is 2.61 bits per heavy atom. The largest absolute Gasteiger partial charge is 0.298 e. The van der Waals surface area contributed by atoms with Crippen molar-refractivity contribution in [3.8, 4) is 0 Å². The van der Waals surface area contributed by atoms with Crippen molar-refractivity contribution < 1.29 is 9.18 Å². The van der Waals surface area contributed by atoms with Gasteiger partial charge in [-0.1, -0.05) is 78.0 Å². The highest BCUT2D eigenvalue weighted by atomic mass is 35.5. The van der Waals surface area contributed by atoms with Gasteiger partial charge in [-0.2, -0.15) is 0 Å². The standard InChI is InChI=1S/C23H16ClFN4OS/c24-16-10-6-11-17(25)19(16)21-26-18-12-5-4-9-15(18)20-22(30)27-23(28-29(20)21)31-13-14-7-2-1-3-8-14/h1-12,21H,13H2,(H,27,28,30)/t21-/m0/s1. The Morgan fingerprint density at radius 1 is 1.03 bits per heavy atom. The minimum absolute atomic E-state index is 0.182. The molecule has 2 aliphatic heterocycles. The molecule has 0 saturated heterocycles. The molecular weight excluding hydrogens is 435 g/mol. The van der Waals surface area contributed by atoms with E-state index >= 15 is 0 Å². The number of hydrogen-bond acceptors (Lipinski definition) is 5. The highest BCUT2D eigenvalue weighted by molar-refractivity contribution is 8.13. The lowest BCUT2D eigenvalue weighted by Gasteiger charge is -2.34. The number of hydrogen-bond donors (Lipinski definition) is 1. The maximum atomic E-state index is 14.8. The summed E-state index contributed by atoms with van der Waals surface area (Å²) in [5, 5.41) is 10.8. The minimum atomic E-state index is -0.892. The lowest BCUT2D eigenvalue weighted by molar-refractivity contribution is -0.116. The van der Waals surface area contributed by atoms with Crippen LogP contribution in [0.25, 0.3) is 5.70 Å². The molecule has 0 bridgehead atoms. The number of fused-ring (bicyclic) bond motifs is 2. The van der Waals surface area contributed by atoms with Gasteiger partial charge in [0, 0.05) is 11.0 Å². The van der Waals surface area contributed by atoms with E-state index in [4.69, 9.17) is 16.6 Å². The van der Waals surface area contributed by atoms with Gasteiger partial charge in [0.2, 0.25) is 0 Å². The quantitative estimate of drug-likeness (QED) is 0.664. The summed E-state index contributed by atoms with van der Waals surface area (Å²) in [7, 11) is 0. The van der Waals surface area contributed by atoms with E-state index in [9.17, 15) is 9.18 Å². The van der Waals surface area contributed by atoms with Crippen LogP contribution >= 0.6 is 23.4 Å². The number of carbonyl (C=O) groups is 1. The summed E-state index contributed by atoms with van der Waals surface area (Å²) in [5.41, 5.74) is 1.60. The molecule has 0 saturated carbocycles. The third-order valence-corrected chi connectivity index (χ3v) is 6.26. The lowest BCUT2D eigenvalue weighted by atomic mass is 10.1. The normalized spacial score (nSPS) is 17.3. The maximum absolute atomic E-state index is 14.8. The molecule has 154 valence electrons. The number of amidine groups is 1. The van der Waals surface area contributed by atoms with Crippen LogP contribution < -0.4 is 15.9 Å². The highest BCUT2D eigenvalue weighted by Gasteiger charge is 2.36. The zero-order valence-electron chi connectivity index (χ0n) is 16.1. The van der Waals surface area contributed by atoms with Crippen LogP contribution in [-0.4, -0.2) is 16.1 Å². The fraction of sp³-hybridized carbons (Fsp3) is 0.0870. The van der Waals surface area contributed by atoms with E-state index in [1.165, 1.54) is 28.9 Å². The van der Waals surface area contributed by atoms with Gasteiger partial charge >= 0.3 is 0 Å². The average molecular weight is 451 g/mol. The Bertz CT molecular complexity index is 1310. The zero-order chi connectivity index (χ0) is 21.4. The lowest BCUT2D eigenvalue weighted by Crippen LogP contribution is -2.50. The Labute approximate surface area is 186 Å². The predicted octanol–water partition coefficient (Wildman–Crippen LogP) is 3.56. The van der Waals surface area contributed by atoms with E-state index in [1.54, 1.807) is 18.2 Å². The van der Waals surface area contributed by atoms with E-state index in [2.05, 4.69) is 10.4 Å². The van der Waals surface area contributed by atoms with Crippen molar-refractivity contribution in [2.45, 2.75) is 11.9 Å². The molecule has 0 spiro atoms. The van der Waals surface area contributed by atoms with Crippen molar-refractivity contribution in [3.63, 3.8) is 0 Å². The number of benzene rings is 3. The third-order valence-electron chi connectivity index (χ3n) is 4.99. The second-order valence-electron chi connectivity index (χ2n) is 6.98. The van der Waals surface area contributed by atoms with Crippen molar-refractivity contribution in [1.82, 2.24) is 10.3 Å². The number of thioether (sulfide) groups is 1. The first-order valence-electron chi connectivity index (χ1n) is 9.59. The van der Waals surface area contributed by atoms with Gasteiger partial charge in [0.25, 0.3) is 5.91 Å². The van der Waals surface area contributed by atoms with Gasteiger partial charge < -0.3 is 0 Å². The van der Waals surface area contributed by atoms with Gasteiger partial charge in [-0.05, 0) is 23.8 Å². The Morgan fingerprint density at radius 2 is 1.81 bits per heavy atom. The van der Waals surface area contributed by atoms with Gasteiger partial charge in [0.1, 0.15) is 11.5 Å². The Hall–Kier alpha value is -3.16. The SMILES string of the molecule is O=C1NC(SCc2ccccc2)=NN2C1=c1ccccc1=N[C@@H]2c1c(F)cccc1Cl. The van der Waals surface area contributed by atoms with E-state index in [0.717, 1.165) is 5.56 Å². The molecule has 31 heavy (non-hydrogen) atoms. The first-order chi connectivity index (χ1) is 15.1. The number of rotatable bonds is 3. The van der Waals surface area contributed by atoms with Crippen LogP contribution in [0.1, 0.15) is 17.3 Å². The predicted molar refractivity (Wildman–Crippen MR) is 120 cm³/mol. The summed E-state index contributed by atoms with van der Waals surface area (Å²) >= 11 is 7.74. The molecule has 1 atom stereocenters. The second kappa shape index (κ2) is 8.17. The summed E-state index contributed by atoms with van der Waals surface area (Å²) in [6, 6.07) is 21.6. The molecule has 0 fully saturated rings. The first-order valence-corrected chi connectivity index (χ1v) is 10.9. The first kappa shape index (κ1) is 19.8. The van der Waals surface area contributed by atoms with Crippen LogP contribution in [0.15, 0.2) is 82.9 Å². The third kappa shape index (κ3) is 3.71. The topological polar surface area (TPSA) is 57.1 Å². The summed E-state index contributed by atoms with van der Waals surface area (Å²) in [5.74, 6) is -0.188. The van der Waals surface area contributed by atoms with Crippen LogP contribution in [-0.2, 0) is 10.5 Å². The molecule has 5 rings (SSSR count). The van der Waals surface area contributed by atoms with Crippen molar-refractivity contribution in [1.29, 1.82) is 0 Å². The minimum Gasteiger partial charge on any atom is -0.298 e. The molecule has 0 aromatic heterocycles. The van der Waals surface area contributed by atoms with Crippen LogP contribution in [0.5, 0.6) is 0 Å². The molecule has 0 unspecified atom stereocenters. The van der Waals surface area contributed by atoms with Gasteiger partial charge in [0.15, 0.2) is 11.3 Å². The van der Waals surface area contributed by atoms with Crippen LogP contribution in [0.4, 0.5) is 4.39 Å². The number of halogens is 2. The number of hydrazone groups is 1. The zero-order valence-corrected chi connectivity index (χ0v) is 17.7. The second-order valence-corrected chi connectivity index (χ2v) is 8.35. The molecule has 2 heterocycles. The molecular formula is C23H16ClFN4OS. The molecule has 0 radical (unpaired) electrons. The molecule has 1 N–H and O–H groups in total. The molecule has 8 heteroatoms. The summed E-state index contributed by atoms with van der Waals surface area (Å²) in [4.78, 5) is 17.8. The number of nitrogens with zero attached hydrogens (tertiary/aromatic N) is 3. The Balaban J connectivity index is 1.62. The number of nitrogens with one attached hydrogen (secondary N) is 1. The smallest absolute Gasteiger partial charge is 0.276 e. The number of carbonyl (C=O) groups excluding carboxylic acids is 1. The van der Waals surface area contributed by atoms with E-state index in [0.29, 0.717) is 27.2 Å². The van der Waals surface area contributed by atoms with E-state index in [1.807, 2.05) is 42.5 Å². The van der Waals surface area contributed by atoms with Gasteiger partial charge in [-0.15, -0.1) is 5.10 Å². The van der Waals surface area contributed by atoms with Gasteiger partial charge in [-0.3, -0.25) is 15.1 Å². The monoisotopic (exact) mass is 450 g/mol. The molecule has 5 nitrogen and oxygen atoms in total. The fourth-order valence-corrected chi connectivity index (χ4v) is 4.63. The Kier molecular flexibility index (Phi) is 5.21. The molecule has 3 aromatic rings. The summed E-state index contributed by atoms with van der Waals surface area (Å²) in [6.45, 7) is 0. The van der Waals surface area contributed by atoms with Crippen LogP contribution in [0.3, 0.4) is 0 Å². The van der Waals surface area contributed by atoms with Gasteiger partial charge in [-0.25, -0.2) is 9.40 Å². The van der Waals surface area contributed by atoms with Crippen molar-refractivity contribution in [3.05, 3.63) is 105 Å². The molecule has 2 aliphatic rings. The van der Waals surface area contributed by atoms with Crippen LogP contribution in [0.2, 0.25) is 5.02 Å². The summed E-state index contributed by atoms with van der Waals surface area (Å²) in [6.07, 6.45) is -0.892. The van der Waals surface area contributed by atoms with Crippen molar-refractivity contribution in [2.24, 2.45) is 10.1 Å². The average Bonchev–Trinajstić information content (AvgIpc) is 2.78. The van der Waals surface area contributed by atoms with Crippen molar-refractivity contribution in [2.75, 3.05) is 0 Å². The van der Waals surface area contributed by atoms with E-state index in [-0.39, 0.29) is 16.5 Å².